The number of halogens is 1. The Morgan fingerprint density at radius 3 is 2.37 bits per heavy atom. The number of urea groups is 1. The number of hydrogen-bond donors (Lipinski definition) is 2. The van der Waals surface area contributed by atoms with Crippen molar-refractivity contribution in [2.24, 2.45) is 0 Å². The predicted molar refractivity (Wildman–Crippen MR) is 71.6 cm³/mol. The first kappa shape index (κ1) is 18.6. The molecule has 3 N–H and O–H groups in total. The molecule has 0 aromatic carbocycles. The Morgan fingerprint density at radius 1 is 1.47 bits per heavy atom. The molecule has 0 aromatic heterocycles. The molecular formula is C9H21ClN3O5P. The number of carbonyl (C=O) groups excluding carboxylic acids is 1. The molecule has 19 heavy (non-hydrogen) atoms. The lowest BCUT2D eigenvalue weighted by Gasteiger charge is -2.27. The van der Waals surface area contributed by atoms with Crippen molar-refractivity contribution < 1.29 is 24.0 Å². The molecular weight excluding hydrogens is 297 g/mol. The smallest absolute Gasteiger partial charge is 0.362 e. The van der Waals surface area contributed by atoms with Gasteiger partial charge in [-0.15, -0.1) is 11.6 Å². The number of alkyl halides is 1. The van der Waals surface area contributed by atoms with Gasteiger partial charge in [-0.1, -0.05) is 0 Å². The molecule has 0 aliphatic carbocycles. The van der Waals surface area contributed by atoms with Gasteiger partial charge in [-0.3, -0.25) is 10.2 Å². The second-order valence-electron chi connectivity index (χ2n) is 3.49. The largest absolute Gasteiger partial charge is 0.609 e. The van der Waals surface area contributed by atoms with Crippen LogP contribution in [-0.2, 0) is 13.6 Å². The molecule has 0 spiro atoms. The summed E-state index contributed by atoms with van der Waals surface area (Å²) in [6.45, 7) is 5.29. The van der Waals surface area contributed by atoms with Crippen LogP contribution in [0.5, 0.6) is 0 Å². The summed E-state index contributed by atoms with van der Waals surface area (Å²) in [7, 11) is -3.44. The Balaban J connectivity index is 4.66. The van der Waals surface area contributed by atoms with Crippen molar-refractivity contribution >= 4 is 25.2 Å². The van der Waals surface area contributed by atoms with E-state index in [0.717, 1.165) is 5.01 Å². The molecule has 114 valence electrons. The lowest BCUT2D eigenvalue weighted by atomic mass is 10.6. The van der Waals surface area contributed by atoms with Gasteiger partial charge < -0.3 is 19.6 Å². The van der Waals surface area contributed by atoms with Gasteiger partial charge in [0.25, 0.3) is 0 Å². The van der Waals surface area contributed by atoms with E-state index in [2.05, 4.69) is 5.32 Å². The number of nitrogens with zero attached hydrogens (tertiary/aromatic N) is 1. The minimum absolute atomic E-state index is 0.0666. The van der Waals surface area contributed by atoms with Crippen LogP contribution >= 0.6 is 19.2 Å². The SMILES string of the molecule is CCOP(=O)(OCC)[C@@H](C)NC(=O)N(CCCl)[NH2+][O-]. The highest BCUT2D eigenvalue weighted by Gasteiger charge is 2.34. The Hall–Kier alpha value is -0.370. The minimum Gasteiger partial charge on any atom is -0.609 e. The molecule has 1 atom stereocenters. The first-order valence-electron chi connectivity index (χ1n) is 5.92. The zero-order valence-electron chi connectivity index (χ0n) is 11.3. The van der Waals surface area contributed by atoms with Gasteiger partial charge in [0.15, 0.2) is 0 Å². The minimum atomic E-state index is -3.44. The van der Waals surface area contributed by atoms with Crippen LogP contribution in [0, 0.1) is 5.21 Å². The Kier molecular flexibility index (Phi) is 9.34. The Bertz CT molecular complexity index is 310. The van der Waals surface area contributed by atoms with Gasteiger partial charge in [-0.25, -0.2) is 4.79 Å². The monoisotopic (exact) mass is 317 g/mol. The number of rotatable bonds is 9. The van der Waals surface area contributed by atoms with E-state index in [1.807, 2.05) is 0 Å². The van der Waals surface area contributed by atoms with Crippen molar-refractivity contribution in [3.8, 4) is 0 Å². The van der Waals surface area contributed by atoms with Crippen molar-refractivity contribution in [2.45, 2.75) is 26.6 Å². The normalized spacial score (nSPS) is 13.1. The van der Waals surface area contributed by atoms with Crippen LogP contribution < -0.4 is 10.9 Å². The third kappa shape index (κ3) is 6.07. The highest BCUT2D eigenvalue weighted by Crippen LogP contribution is 2.51. The van der Waals surface area contributed by atoms with E-state index in [0.29, 0.717) is 5.59 Å². The van der Waals surface area contributed by atoms with Gasteiger partial charge in [0.1, 0.15) is 5.78 Å². The molecule has 0 unspecified atom stereocenters. The van der Waals surface area contributed by atoms with Crippen molar-refractivity contribution in [1.29, 1.82) is 0 Å². The molecule has 0 aliphatic heterocycles. The van der Waals surface area contributed by atoms with Crippen LogP contribution in [0.3, 0.4) is 0 Å². The lowest BCUT2D eigenvalue weighted by Crippen LogP contribution is -2.91. The quantitative estimate of drug-likeness (QED) is 0.215. The second kappa shape index (κ2) is 9.52. The third-order valence-electron chi connectivity index (χ3n) is 2.14. The lowest BCUT2D eigenvalue weighted by molar-refractivity contribution is -0.731. The highest BCUT2D eigenvalue weighted by atomic mass is 35.5. The predicted octanol–water partition coefficient (Wildman–Crippen LogP) is 0.825. The first-order valence-corrected chi connectivity index (χ1v) is 8.06. The topological polar surface area (TPSA) is 108 Å². The molecule has 8 nitrogen and oxygen atoms in total. The van der Waals surface area contributed by atoms with Gasteiger partial charge in [0.05, 0.1) is 19.8 Å². The van der Waals surface area contributed by atoms with E-state index in [-0.39, 0.29) is 25.6 Å². The summed E-state index contributed by atoms with van der Waals surface area (Å²) in [5.74, 6) is -0.743. The van der Waals surface area contributed by atoms with Gasteiger partial charge in [-0.2, -0.15) is 5.01 Å². The number of amides is 2. The molecule has 0 saturated heterocycles. The van der Waals surface area contributed by atoms with Crippen LogP contribution in [0.2, 0.25) is 0 Å². The zero-order valence-corrected chi connectivity index (χ0v) is 12.9. The van der Waals surface area contributed by atoms with E-state index in [1.54, 1.807) is 13.8 Å². The fourth-order valence-corrected chi connectivity index (χ4v) is 2.95. The maximum atomic E-state index is 12.3. The van der Waals surface area contributed by atoms with Crippen LogP contribution in [0.15, 0.2) is 0 Å². The Labute approximate surface area is 117 Å². The van der Waals surface area contributed by atoms with E-state index in [1.165, 1.54) is 6.92 Å². The highest BCUT2D eigenvalue weighted by molar-refractivity contribution is 7.54. The molecule has 0 bridgehead atoms. The number of quaternary nitrogens is 1. The van der Waals surface area contributed by atoms with Gasteiger partial charge in [-0.05, 0) is 20.8 Å². The standard InChI is InChI=1S/C9H21ClN3O5P/c1-4-17-19(16,18-5-2)8(3)11-9(14)13(12-15)7-6-10/h8H,4-7,12H2,1-3H3,(H,11,14)/t8-/m0/s1. The molecule has 0 aromatic rings. The van der Waals surface area contributed by atoms with E-state index < -0.39 is 19.4 Å². The van der Waals surface area contributed by atoms with E-state index >= 15 is 0 Å². The average molecular weight is 318 g/mol. The summed E-state index contributed by atoms with van der Waals surface area (Å²) in [4.78, 5) is 11.7. The summed E-state index contributed by atoms with van der Waals surface area (Å²) in [5.41, 5.74) is 0.358. The van der Waals surface area contributed by atoms with Gasteiger partial charge in [0, 0.05) is 5.88 Å². The molecule has 0 saturated carbocycles. The van der Waals surface area contributed by atoms with Crippen LogP contribution in [-0.4, -0.2) is 42.5 Å². The summed E-state index contributed by atoms with van der Waals surface area (Å²) in [6, 6.07) is -0.692. The van der Waals surface area contributed by atoms with Crippen molar-refractivity contribution in [3.63, 3.8) is 0 Å². The number of nitrogens with one attached hydrogen (secondary N) is 1. The fraction of sp³-hybridized carbons (Fsp3) is 0.889. The molecule has 0 aliphatic rings. The van der Waals surface area contributed by atoms with Crippen LogP contribution in [0.1, 0.15) is 20.8 Å². The van der Waals surface area contributed by atoms with E-state index in [9.17, 15) is 14.6 Å². The zero-order chi connectivity index (χ0) is 14.9. The van der Waals surface area contributed by atoms with Crippen molar-refractivity contribution in [1.82, 2.24) is 10.3 Å². The summed E-state index contributed by atoms with van der Waals surface area (Å²) in [6.07, 6.45) is 0. The summed E-state index contributed by atoms with van der Waals surface area (Å²) >= 11 is 5.46. The molecule has 2 amide bonds. The van der Waals surface area contributed by atoms with Gasteiger partial charge >= 0.3 is 13.6 Å². The molecule has 0 radical (unpaired) electrons. The van der Waals surface area contributed by atoms with Gasteiger partial charge in [0.2, 0.25) is 0 Å². The van der Waals surface area contributed by atoms with Crippen molar-refractivity contribution in [3.05, 3.63) is 5.21 Å². The average Bonchev–Trinajstić information content (AvgIpc) is 2.36. The second-order valence-corrected chi connectivity index (χ2v) is 6.24. The first-order chi connectivity index (χ1) is 8.95. The van der Waals surface area contributed by atoms with E-state index in [4.69, 9.17) is 20.6 Å². The maximum absolute atomic E-state index is 12.3. The molecule has 0 heterocycles. The number of hydrogen-bond acceptors (Lipinski definition) is 5. The molecule has 0 fully saturated rings. The van der Waals surface area contributed by atoms with Crippen LogP contribution in [0.25, 0.3) is 0 Å². The summed E-state index contributed by atoms with van der Waals surface area (Å²) < 4.78 is 22.5. The van der Waals surface area contributed by atoms with Crippen LogP contribution in [0.4, 0.5) is 4.79 Å². The Morgan fingerprint density at radius 2 is 2.00 bits per heavy atom. The maximum Gasteiger partial charge on any atom is 0.362 e. The number of nitrogens with two attached hydrogens (primary N) is 1. The third-order valence-corrected chi connectivity index (χ3v) is 4.62. The van der Waals surface area contributed by atoms with Crippen molar-refractivity contribution in [2.75, 3.05) is 25.6 Å². The molecule has 10 heteroatoms. The summed E-state index contributed by atoms with van der Waals surface area (Å²) in [5, 5.41) is 14.0. The fourth-order valence-electron chi connectivity index (χ4n) is 1.25. The number of carbonyl (C=O) groups is 1. The molecule has 0 rings (SSSR count).